The van der Waals surface area contributed by atoms with Crippen LogP contribution < -0.4 is 5.32 Å². The largest absolute Gasteiger partial charge is 0.372 e. The fraction of sp³-hybridized carbons (Fsp3) is 0.375. The van der Waals surface area contributed by atoms with Gasteiger partial charge in [0, 0.05) is 6.61 Å². The molecule has 0 unspecified atom stereocenters. The molecular weight excluding hydrogens is 206 g/mol. The second-order valence-electron chi connectivity index (χ2n) is 2.41. The highest BCUT2D eigenvalue weighted by Gasteiger charge is 2.02. The molecule has 1 amide bonds. The van der Waals surface area contributed by atoms with E-state index < -0.39 is 0 Å². The van der Waals surface area contributed by atoms with Crippen molar-refractivity contribution in [3.8, 4) is 0 Å². The van der Waals surface area contributed by atoms with E-state index >= 15 is 0 Å². The first kappa shape index (κ1) is 10.9. The van der Waals surface area contributed by atoms with Crippen LogP contribution in [0.15, 0.2) is 12.4 Å². The number of carbonyl (C=O) groups excluding carboxylic acids is 1. The zero-order valence-corrected chi connectivity index (χ0v) is 8.41. The lowest BCUT2D eigenvalue weighted by Crippen LogP contribution is -2.18. The van der Waals surface area contributed by atoms with E-state index in [9.17, 15) is 4.79 Å². The van der Waals surface area contributed by atoms with Crippen LogP contribution in [0.1, 0.15) is 6.92 Å². The van der Waals surface area contributed by atoms with E-state index in [4.69, 9.17) is 16.3 Å². The predicted octanol–water partition coefficient (Wildman–Crippen LogP) is 1.10. The maximum absolute atomic E-state index is 11.1. The van der Waals surface area contributed by atoms with Gasteiger partial charge in [0.2, 0.25) is 0 Å². The quantitative estimate of drug-likeness (QED) is 0.817. The zero-order chi connectivity index (χ0) is 10.4. The second-order valence-corrected chi connectivity index (χ2v) is 2.80. The Hall–Kier alpha value is -1.20. The van der Waals surface area contributed by atoms with Crippen LogP contribution >= 0.6 is 11.6 Å². The highest BCUT2D eigenvalue weighted by molar-refractivity contribution is 6.29. The van der Waals surface area contributed by atoms with Gasteiger partial charge in [-0.2, -0.15) is 0 Å². The van der Waals surface area contributed by atoms with Gasteiger partial charge in [-0.3, -0.25) is 4.79 Å². The van der Waals surface area contributed by atoms with E-state index in [0.717, 1.165) is 0 Å². The van der Waals surface area contributed by atoms with Gasteiger partial charge in [0.25, 0.3) is 5.91 Å². The highest BCUT2D eigenvalue weighted by Crippen LogP contribution is 2.04. The van der Waals surface area contributed by atoms with Gasteiger partial charge in [-0.05, 0) is 6.92 Å². The highest BCUT2D eigenvalue weighted by atomic mass is 35.5. The van der Waals surface area contributed by atoms with Gasteiger partial charge in [-0.15, -0.1) is 0 Å². The summed E-state index contributed by atoms with van der Waals surface area (Å²) in [4.78, 5) is 18.7. The Bertz CT molecular complexity index is 302. The summed E-state index contributed by atoms with van der Waals surface area (Å²) in [5.41, 5.74) is 0. The number of amides is 1. The summed E-state index contributed by atoms with van der Waals surface area (Å²) >= 11 is 5.52. The summed E-state index contributed by atoms with van der Waals surface area (Å²) < 4.78 is 4.90. The van der Waals surface area contributed by atoms with Gasteiger partial charge in [0.15, 0.2) is 5.82 Å². The molecule has 0 atom stereocenters. The maximum Gasteiger partial charge on any atom is 0.251 e. The summed E-state index contributed by atoms with van der Waals surface area (Å²) in [6.45, 7) is 2.33. The van der Waals surface area contributed by atoms with Crippen molar-refractivity contribution in [1.29, 1.82) is 0 Å². The molecule has 1 aromatic heterocycles. The average molecular weight is 216 g/mol. The molecule has 5 nitrogen and oxygen atoms in total. The molecule has 0 radical (unpaired) electrons. The summed E-state index contributed by atoms with van der Waals surface area (Å²) in [5, 5.41) is 2.79. The number of halogens is 1. The topological polar surface area (TPSA) is 64.1 Å². The molecule has 0 aliphatic heterocycles. The Labute approximate surface area is 86.5 Å². The van der Waals surface area contributed by atoms with E-state index in [2.05, 4.69) is 15.3 Å². The van der Waals surface area contributed by atoms with Gasteiger partial charge < -0.3 is 10.1 Å². The molecule has 0 saturated carbocycles. The van der Waals surface area contributed by atoms with E-state index in [1.54, 1.807) is 0 Å². The molecule has 0 fully saturated rings. The third kappa shape index (κ3) is 3.68. The van der Waals surface area contributed by atoms with Crippen LogP contribution in [-0.2, 0) is 9.53 Å². The molecule has 0 spiro atoms. The molecular formula is C8H10ClN3O2. The maximum atomic E-state index is 11.1. The lowest BCUT2D eigenvalue weighted by molar-refractivity contribution is -0.120. The van der Waals surface area contributed by atoms with Crippen LogP contribution in [0.2, 0.25) is 5.15 Å². The Morgan fingerprint density at radius 1 is 1.57 bits per heavy atom. The van der Waals surface area contributed by atoms with Gasteiger partial charge in [0.05, 0.1) is 12.4 Å². The van der Waals surface area contributed by atoms with E-state index in [-0.39, 0.29) is 17.7 Å². The minimum atomic E-state index is -0.261. The number of hydrogen-bond acceptors (Lipinski definition) is 4. The number of rotatable bonds is 4. The van der Waals surface area contributed by atoms with E-state index in [1.165, 1.54) is 12.4 Å². The number of carbonyl (C=O) groups is 1. The molecule has 6 heteroatoms. The van der Waals surface area contributed by atoms with Crippen molar-refractivity contribution in [3.63, 3.8) is 0 Å². The van der Waals surface area contributed by atoms with Gasteiger partial charge in [0.1, 0.15) is 11.8 Å². The van der Waals surface area contributed by atoms with Crippen molar-refractivity contribution in [1.82, 2.24) is 9.97 Å². The second kappa shape index (κ2) is 5.51. The molecule has 0 saturated heterocycles. The van der Waals surface area contributed by atoms with Gasteiger partial charge in [-0.1, -0.05) is 11.6 Å². The van der Waals surface area contributed by atoms with E-state index in [1.807, 2.05) is 6.92 Å². The third-order valence-corrected chi connectivity index (χ3v) is 1.52. The van der Waals surface area contributed by atoms with Crippen molar-refractivity contribution in [3.05, 3.63) is 17.5 Å². The van der Waals surface area contributed by atoms with E-state index in [0.29, 0.717) is 12.4 Å². The zero-order valence-electron chi connectivity index (χ0n) is 7.66. The first-order valence-corrected chi connectivity index (χ1v) is 4.45. The first-order chi connectivity index (χ1) is 6.72. The number of aromatic nitrogens is 2. The summed E-state index contributed by atoms with van der Waals surface area (Å²) in [7, 11) is 0. The van der Waals surface area contributed by atoms with Gasteiger partial charge >= 0.3 is 0 Å². The Morgan fingerprint density at radius 3 is 2.93 bits per heavy atom. The number of ether oxygens (including phenoxy) is 1. The van der Waals surface area contributed by atoms with Crippen LogP contribution in [-0.4, -0.2) is 29.1 Å². The van der Waals surface area contributed by atoms with Gasteiger partial charge in [-0.25, -0.2) is 9.97 Å². The van der Waals surface area contributed by atoms with Crippen LogP contribution in [0.25, 0.3) is 0 Å². The summed E-state index contributed by atoms with van der Waals surface area (Å²) in [5.74, 6) is 0.0996. The van der Waals surface area contributed by atoms with Crippen LogP contribution in [0.5, 0.6) is 0 Å². The van der Waals surface area contributed by atoms with Crippen LogP contribution in [0, 0.1) is 0 Å². The molecule has 76 valence electrons. The van der Waals surface area contributed by atoms with Crippen LogP contribution in [0.4, 0.5) is 5.82 Å². The van der Waals surface area contributed by atoms with Crippen molar-refractivity contribution in [2.75, 3.05) is 18.5 Å². The monoisotopic (exact) mass is 215 g/mol. The molecule has 1 heterocycles. The fourth-order valence-corrected chi connectivity index (χ4v) is 0.848. The summed E-state index contributed by atoms with van der Waals surface area (Å²) in [6, 6.07) is 0. The van der Waals surface area contributed by atoms with Crippen molar-refractivity contribution in [2.24, 2.45) is 0 Å². The normalized spacial score (nSPS) is 9.86. The minimum absolute atomic E-state index is 0.0147. The number of hydrogen-bond donors (Lipinski definition) is 1. The third-order valence-electron chi connectivity index (χ3n) is 1.33. The Balaban J connectivity index is 2.44. The van der Waals surface area contributed by atoms with Crippen LogP contribution in [0.3, 0.4) is 0 Å². The number of nitrogens with one attached hydrogen (secondary N) is 1. The molecule has 0 bridgehead atoms. The SMILES string of the molecule is CCOCC(=O)Nc1cnc(Cl)cn1. The molecule has 1 aromatic rings. The van der Waals surface area contributed by atoms with Crippen molar-refractivity contribution < 1.29 is 9.53 Å². The number of anilines is 1. The standard InChI is InChI=1S/C8H10ClN3O2/c1-2-14-5-8(13)12-7-4-10-6(9)3-11-7/h3-4H,2,5H2,1H3,(H,11,12,13). The minimum Gasteiger partial charge on any atom is -0.372 e. The Kier molecular flexibility index (Phi) is 4.28. The molecule has 0 aliphatic carbocycles. The smallest absolute Gasteiger partial charge is 0.251 e. The molecule has 14 heavy (non-hydrogen) atoms. The van der Waals surface area contributed by atoms with Crippen molar-refractivity contribution in [2.45, 2.75) is 6.92 Å². The molecule has 0 aromatic carbocycles. The number of nitrogens with zero attached hydrogens (tertiary/aromatic N) is 2. The van der Waals surface area contributed by atoms with Crippen molar-refractivity contribution >= 4 is 23.3 Å². The average Bonchev–Trinajstić information content (AvgIpc) is 2.18. The lowest BCUT2D eigenvalue weighted by Gasteiger charge is -2.03. The predicted molar refractivity (Wildman–Crippen MR) is 52.2 cm³/mol. The fourth-order valence-electron chi connectivity index (χ4n) is 0.751. The Morgan fingerprint density at radius 2 is 2.36 bits per heavy atom. The molecule has 0 aliphatic rings. The summed E-state index contributed by atoms with van der Waals surface area (Å²) in [6.07, 6.45) is 2.74. The molecule has 1 N–H and O–H groups in total. The lowest BCUT2D eigenvalue weighted by atomic mass is 10.6. The first-order valence-electron chi connectivity index (χ1n) is 4.07. The molecule has 1 rings (SSSR count).